The van der Waals surface area contributed by atoms with Crippen LogP contribution in [-0.4, -0.2) is 37.7 Å². The lowest BCUT2D eigenvalue weighted by Crippen LogP contribution is -2.28. The van der Waals surface area contributed by atoms with Crippen LogP contribution in [0, 0.1) is 12.8 Å². The van der Waals surface area contributed by atoms with Crippen molar-refractivity contribution in [3.63, 3.8) is 0 Å². The van der Waals surface area contributed by atoms with Crippen molar-refractivity contribution in [2.75, 3.05) is 26.8 Å². The number of hydrogen-bond acceptors (Lipinski definition) is 4. The summed E-state index contributed by atoms with van der Waals surface area (Å²) in [5, 5.41) is 3.48. The zero-order valence-electron chi connectivity index (χ0n) is 13.9. The number of hydrogen-bond donors (Lipinski definition) is 1. The van der Waals surface area contributed by atoms with Gasteiger partial charge in [-0.3, -0.25) is 4.90 Å². The van der Waals surface area contributed by atoms with Gasteiger partial charge in [0.05, 0.1) is 13.2 Å². The van der Waals surface area contributed by atoms with Gasteiger partial charge in [-0.15, -0.1) is 0 Å². The number of rotatable bonds is 10. The highest BCUT2D eigenvalue weighted by atomic mass is 16.5. The van der Waals surface area contributed by atoms with E-state index in [1.54, 1.807) is 7.11 Å². The molecular formula is C17H30N2O2. The fraction of sp³-hybridized carbons (Fsp3) is 0.765. The number of methoxy groups -OCH3 is 1. The first-order valence-electron chi connectivity index (χ1n) is 8.12. The van der Waals surface area contributed by atoms with Gasteiger partial charge in [-0.1, -0.05) is 13.8 Å². The minimum atomic E-state index is 0.677. The van der Waals surface area contributed by atoms with Gasteiger partial charge in [-0.2, -0.15) is 0 Å². The topological polar surface area (TPSA) is 37.6 Å². The summed E-state index contributed by atoms with van der Waals surface area (Å²) in [4.78, 5) is 2.48. The molecule has 120 valence electrons. The Kier molecular flexibility index (Phi) is 6.27. The van der Waals surface area contributed by atoms with Crippen molar-refractivity contribution in [1.82, 2.24) is 10.2 Å². The molecule has 0 radical (unpaired) electrons. The van der Waals surface area contributed by atoms with Crippen LogP contribution in [0.4, 0.5) is 0 Å². The Morgan fingerprint density at radius 1 is 1.43 bits per heavy atom. The van der Waals surface area contributed by atoms with E-state index in [1.807, 2.05) is 0 Å². The Bertz CT molecular complexity index is 424. The Morgan fingerprint density at radius 2 is 2.19 bits per heavy atom. The molecule has 0 amide bonds. The third-order valence-corrected chi connectivity index (χ3v) is 3.94. The first-order valence-corrected chi connectivity index (χ1v) is 8.12. The SMILES string of the molecule is COCCN(Cc1cc(CNCC(C)C)c(C)o1)C1CC1. The van der Waals surface area contributed by atoms with Crippen LogP contribution < -0.4 is 5.32 Å². The average molecular weight is 294 g/mol. The Balaban J connectivity index is 1.87. The van der Waals surface area contributed by atoms with Crippen molar-refractivity contribution in [3.05, 3.63) is 23.2 Å². The molecular weight excluding hydrogens is 264 g/mol. The summed E-state index contributed by atoms with van der Waals surface area (Å²) < 4.78 is 11.1. The van der Waals surface area contributed by atoms with Crippen LogP contribution in [0.3, 0.4) is 0 Å². The van der Waals surface area contributed by atoms with Crippen LogP contribution in [0.15, 0.2) is 10.5 Å². The van der Waals surface area contributed by atoms with Gasteiger partial charge >= 0.3 is 0 Å². The number of nitrogens with one attached hydrogen (secondary N) is 1. The van der Waals surface area contributed by atoms with Crippen molar-refractivity contribution in [2.24, 2.45) is 5.92 Å². The molecule has 4 heteroatoms. The smallest absolute Gasteiger partial charge is 0.118 e. The molecule has 1 fully saturated rings. The number of aryl methyl sites for hydroxylation is 1. The second-order valence-corrected chi connectivity index (χ2v) is 6.51. The second-order valence-electron chi connectivity index (χ2n) is 6.51. The highest BCUT2D eigenvalue weighted by Crippen LogP contribution is 2.28. The van der Waals surface area contributed by atoms with E-state index in [4.69, 9.17) is 9.15 Å². The fourth-order valence-electron chi connectivity index (χ4n) is 2.58. The predicted octanol–water partition coefficient (Wildman–Crippen LogP) is 2.94. The molecule has 4 nitrogen and oxygen atoms in total. The van der Waals surface area contributed by atoms with Gasteiger partial charge in [0.15, 0.2) is 0 Å². The van der Waals surface area contributed by atoms with Crippen LogP contribution in [0.25, 0.3) is 0 Å². The van der Waals surface area contributed by atoms with Crippen LogP contribution in [0.2, 0.25) is 0 Å². The van der Waals surface area contributed by atoms with Gasteiger partial charge in [0.2, 0.25) is 0 Å². The van der Waals surface area contributed by atoms with E-state index in [-0.39, 0.29) is 0 Å². The largest absolute Gasteiger partial charge is 0.465 e. The molecule has 1 saturated carbocycles. The Hall–Kier alpha value is -0.840. The molecule has 1 N–H and O–H groups in total. The van der Waals surface area contributed by atoms with Gasteiger partial charge in [0.1, 0.15) is 11.5 Å². The van der Waals surface area contributed by atoms with Gasteiger partial charge in [0.25, 0.3) is 0 Å². The third-order valence-electron chi connectivity index (χ3n) is 3.94. The van der Waals surface area contributed by atoms with Gasteiger partial charge in [-0.25, -0.2) is 0 Å². The van der Waals surface area contributed by atoms with E-state index in [0.29, 0.717) is 5.92 Å². The molecule has 0 aliphatic heterocycles. The van der Waals surface area contributed by atoms with Gasteiger partial charge in [0, 0.05) is 31.8 Å². The molecule has 2 rings (SSSR count). The standard InChI is InChI=1S/C17H30N2O2/c1-13(2)10-18-11-15-9-17(21-14(15)3)12-19(7-8-20-4)16-5-6-16/h9,13,16,18H,5-8,10-12H2,1-4H3. The number of ether oxygens (including phenoxy) is 1. The molecule has 0 saturated heterocycles. The van der Waals surface area contributed by atoms with Crippen LogP contribution >= 0.6 is 0 Å². The summed E-state index contributed by atoms with van der Waals surface area (Å²) in [6, 6.07) is 2.94. The van der Waals surface area contributed by atoms with E-state index in [9.17, 15) is 0 Å². The molecule has 21 heavy (non-hydrogen) atoms. The van der Waals surface area contributed by atoms with Gasteiger partial charge < -0.3 is 14.5 Å². The van der Waals surface area contributed by atoms with Crippen LogP contribution in [0.5, 0.6) is 0 Å². The molecule has 0 bridgehead atoms. The molecule has 1 aromatic heterocycles. The summed E-state index contributed by atoms with van der Waals surface area (Å²) in [7, 11) is 1.76. The average Bonchev–Trinajstić information content (AvgIpc) is 3.21. The maximum Gasteiger partial charge on any atom is 0.118 e. The zero-order valence-corrected chi connectivity index (χ0v) is 13.9. The minimum absolute atomic E-state index is 0.677. The number of furan rings is 1. The summed E-state index contributed by atoms with van der Waals surface area (Å²) in [6.07, 6.45) is 2.62. The Labute approximate surface area is 128 Å². The molecule has 1 heterocycles. The van der Waals surface area contributed by atoms with Crippen LogP contribution in [0.1, 0.15) is 43.8 Å². The molecule has 0 aromatic carbocycles. The minimum Gasteiger partial charge on any atom is -0.465 e. The van der Waals surface area contributed by atoms with E-state index >= 15 is 0 Å². The van der Waals surface area contributed by atoms with Crippen molar-refractivity contribution in [2.45, 2.75) is 52.7 Å². The maximum absolute atomic E-state index is 5.94. The third kappa shape index (κ3) is 5.46. The quantitative estimate of drug-likeness (QED) is 0.720. The second kappa shape index (κ2) is 7.97. The van der Waals surface area contributed by atoms with Crippen molar-refractivity contribution in [3.8, 4) is 0 Å². The molecule has 0 atom stereocenters. The van der Waals surface area contributed by atoms with E-state index in [0.717, 1.165) is 50.3 Å². The lowest BCUT2D eigenvalue weighted by atomic mass is 10.2. The maximum atomic E-state index is 5.94. The first-order chi connectivity index (χ1) is 10.1. The normalized spacial score (nSPS) is 15.3. The van der Waals surface area contributed by atoms with E-state index in [2.05, 4.69) is 37.1 Å². The molecule has 0 spiro atoms. The van der Waals surface area contributed by atoms with E-state index in [1.165, 1.54) is 18.4 Å². The lowest BCUT2D eigenvalue weighted by Gasteiger charge is -2.19. The summed E-state index contributed by atoms with van der Waals surface area (Å²) in [6.45, 7) is 11.1. The van der Waals surface area contributed by atoms with Crippen LogP contribution in [-0.2, 0) is 17.8 Å². The van der Waals surface area contributed by atoms with Crippen molar-refractivity contribution >= 4 is 0 Å². The van der Waals surface area contributed by atoms with Crippen molar-refractivity contribution < 1.29 is 9.15 Å². The summed E-state index contributed by atoms with van der Waals surface area (Å²) in [5.41, 5.74) is 1.29. The van der Waals surface area contributed by atoms with Gasteiger partial charge in [-0.05, 0) is 38.3 Å². The summed E-state index contributed by atoms with van der Waals surface area (Å²) in [5.74, 6) is 2.80. The fourth-order valence-corrected chi connectivity index (χ4v) is 2.58. The predicted molar refractivity (Wildman–Crippen MR) is 85.3 cm³/mol. The highest BCUT2D eigenvalue weighted by Gasteiger charge is 2.29. The zero-order chi connectivity index (χ0) is 15.2. The Morgan fingerprint density at radius 3 is 2.81 bits per heavy atom. The van der Waals surface area contributed by atoms with E-state index < -0.39 is 0 Å². The summed E-state index contributed by atoms with van der Waals surface area (Å²) >= 11 is 0. The highest BCUT2D eigenvalue weighted by molar-refractivity contribution is 5.20. The molecule has 0 unspecified atom stereocenters. The van der Waals surface area contributed by atoms with Crippen molar-refractivity contribution in [1.29, 1.82) is 0 Å². The lowest BCUT2D eigenvalue weighted by molar-refractivity contribution is 0.134. The monoisotopic (exact) mass is 294 g/mol. The molecule has 1 aliphatic carbocycles. The molecule has 1 aromatic rings. The molecule has 1 aliphatic rings. The first kappa shape index (κ1) is 16.5. The number of nitrogens with zero attached hydrogens (tertiary/aromatic N) is 1.